The predicted octanol–water partition coefficient (Wildman–Crippen LogP) is 1.55. The molecule has 0 aliphatic heterocycles. The van der Waals surface area contributed by atoms with E-state index < -0.39 is 21.3 Å². The van der Waals surface area contributed by atoms with Crippen LogP contribution < -0.4 is 25.9 Å². The Morgan fingerprint density at radius 2 is 1.59 bits per heavy atom. The monoisotopic (exact) mass is 491 g/mol. The Morgan fingerprint density at radius 1 is 1.00 bits per heavy atom. The van der Waals surface area contributed by atoms with Gasteiger partial charge in [0.05, 0.1) is 19.1 Å². The van der Waals surface area contributed by atoms with Gasteiger partial charge >= 0.3 is 5.69 Å². The Balaban J connectivity index is 2.26. The Labute approximate surface area is 197 Å². The van der Waals surface area contributed by atoms with E-state index in [1.54, 1.807) is 17.7 Å². The normalized spacial score (nSPS) is 12.1. The molecule has 3 rings (SSSR count). The minimum Gasteiger partial charge on any atom is -0.493 e. The largest absolute Gasteiger partial charge is 0.493 e. The molecule has 0 unspecified atom stereocenters. The summed E-state index contributed by atoms with van der Waals surface area (Å²) in [6.45, 7) is 4.54. The lowest BCUT2D eigenvalue weighted by atomic mass is 10.2. The van der Waals surface area contributed by atoms with Crippen LogP contribution in [0.25, 0.3) is 23.3 Å². The first kappa shape index (κ1) is 25.2. The quantitative estimate of drug-likeness (QED) is 0.479. The number of fused-ring (bicyclic) bond motifs is 1. The van der Waals surface area contributed by atoms with Gasteiger partial charge in [-0.2, -0.15) is 0 Å². The molecule has 34 heavy (non-hydrogen) atoms. The number of methoxy groups -OCH3 is 2. The van der Waals surface area contributed by atoms with E-state index in [0.717, 1.165) is 0 Å². The topological polar surface area (TPSA) is 140 Å². The first-order valence-corrected chi connectivity index (χ1v) is 12.3. The zero-order chi connectivity index (χ0) is 25.2. The Hall–Kier alpha value is -3.38. The van der Waals surface area contributed by atoms with E-state index in [1.165, 1.54) is 41.6 Å². The minimum absolute atomic E-state index is 0.159. The summed E-state index contributed by atoms with van der Waals surface area (Å²) >= 11 is 0. The molecule has 0 bridgehead atoms. The van der Waals surface area contributed by atoms with Crippen molar-refractivity contribution in [2.24, 2.45) is 12.2 Å². The van der Waals surface area contributed by atoms with Crippen molar-refractivity contribution in [3.63, 3.8) is 0 Å². The van der Waals surface area contributed by atoms with Crippen molar-refractivity contribution in [3.8, 4) is 11.5 Å². The van der Waals surface area contributed by atoms with Crippen LogP contribution in [-0.4, -0.2) is 41.3 Å². The number of hydrogen-bond donors (Lipinski definition) is 1. The summed E-state index contributed by atoms with van der Waals surface area (Å²) in [5, 5.41) is 5.41. The SMILES string of the molecule is CCCn1c(=O)c2c(nc(C=Cc3cc(OC)c(OC)cc3S(N)(=O)=O)n2C)n(CCC)c1=O. The van der Waals surface area contributed by atoms with E-state index in [9.17, 15) is 18.0 Å². The van der Waals surface area contributed by atoms with Gasteiger partial charge in [0.15, 0.2) is 22.7 Å². The molecular formula is C22H29N5O6S. The molecule has 2 aromatic heterocycles. The highest BCUT2D eigenvalue weighted by Crippen LogP contribution is 2.33. The molecule has 0 aliphatic rings. The number of nitrogens with zero attached hydrogens (tertiary/aromatic N) is 4. The van der Waals surface area contributed by atoms with Crippen molar-refractivity contribution in [1.29, 1.82) is 0 Å². The van der Waals surface area contributed by atoms with Gasteiger partial charge in [0.1, 0.15) is 5.82 Å². The molecule has 0 amide bonds. The van der Waals surface area contributed by atoms with Gasteiger partial charge in [-0.1, -0.05) is 13.8 Å². The summed E-state index contributed by atoms with van der Waals surface area (Å²) in [5.41, 5.74) is 0.0124. The van der Waals surface area contributed by atoms with E-state index in [0.29, 0.717) is 43.0 Å². The van der Waals surface area contributed by atoms with E-state index in [1.807, 2.05) is 13.8 Å². The lowest BCUT2D eigenvalue weighted by Gasteiger charge is -2.11. The van der Waals surface area contributed by atoms with Crippen LogP contribution in [0.3, 0.4) is 0 Å². The van der Waals surface area contributed by atoms with Gasteiger partial charge in [-0.3, -0.25) is 13.9 Å². The molecular weight excluding hydrogens is 462 g/mol. The Kier molecular flexibility index (Phi) is 7.32. The maximum Gasteiger partial charge on any atom is 0.332 e. The number of ether oxygens (including phenoxy) is 2. The summed E-state index contributed by atoms with van der Waals surface area (Å²) in [6.07, 6.45) is 4.38. The van der Waals surface area contributed by atoms with Crippen LogP contribution in [0.4, 0.5) is 0 Å². The summed E-state index contributed by atoms with van der Waals surface area (Å²) in [7, 11) is 0.410. The van der Waals surface area contributed by atoms with E-state index in [2.05, 4.69) is 4.98 Å². The van der Waals surface area contributed by atoms with Crippen molar-refractivity contribution in [3.05, 3.63) is 44.4 Å². The smallest absolute Gasteiger partial charge is 0.332 e. The maximum absolute atomic E-state index is 13.1. The molecule has 0 spiro atoms. The molecule has 11 nitrogen and oxygen atoms in total. The molecule has 0 aliphatic carbocycles. The van der Waals surface area contributed by atoms with Crippen molar-refractivity contribution in [1.82, 2.24) is 18.7 Å². The van der Waals surface area contributed by atoms with Crippen LogP contribution in [0.2, 0.25) is 0 Å². The van der Waals surface area contributed by atoms with E-state index >= 15 is 0 Å². The number of sulfonamides is 1. The fourth-order valence-electron chi connectivity index (χ4n) is 3.79. The van der Waals surface area contributed by atoms with Gasteiger partial charge in [0, 0.05) is 26.2 Å². The summed E-state index contributed by atoms with van der Waals surface area (Å²) < 4.78 is 39.1. The number of aromatic nitrogens is 4. The van der Waals surface area contributed by atoms with Gasteiger partial charge in [0.25, 0.3) is 5.56 Å². The summed E-state index contributed by atoms with van der Waals surface area (Å²) in [5.74, 6) is 0.894. The molecule has 12 heteroatoms. The second-order valence-corrected chi connectivity index (χ2v) is 9.25. The molecule has 0 radical (unpaired) electrons. The van der Waals surface area contributed by atoms with Crippen LogP contribution in [0.1, 0.15) is 38.1 Å². The third-order valence-corrected chi connectivity index (χ3v) is 6.37. The number of nitrogens with two attached hydrogens (primary N) is 1. The zero-order valence-corrected chi connectivity index (χ0v) is 20.7. The first-order valence-electron chi connectivity index (χ1n) is 10.8. The minimum atomic E-state index is -4.08. The third-order valence-electron chi connectivity index (χ3n) is 5.41. The van der Waals surface area contributed by atoms with Crippen LogP contribution in [0.5, 0.6) is 11.5 Å². The highest BCUT2D eigenvalue weighted by Gasteiger charge is 2.20. The van der Waals surface area contributed by atoms with Gasteiger partial charge in [-0.25, -0.2) is 23.3 Å². The van der Waals surface area contributed by atoms with Crippen LogP contribution in [0, 0.1) is 0 Å². The average molecular weight is 492 g/mol. The predicted molar refractivity (Wildman–Crippen MR) is 130 cm³/mol. The van der Waals surface area contributed by atoms with Gasteiger partial charge < -0.3 is 14.0 Å². The second kappa shape index (κ2) is 9.85. The van der Waals surface area contributed by atoms with Crippen molar-refractivity contribution < 1.29 is 17.9 Å². The van der Waals surface area contributed by atoms with E-state index in [4.69, 9.17) is 14.6 Å². The van der Waals surface area contributed by atoms with Crippen LogP contribution in [0.15, 0.2) is 26.6 Å². The highest BCUT2D eigenvalue weighted by molar-refractivity contribution is 7.89. The molecule has 1 aromatic carbocycles. The average Bonchev–Trinajstić information content (AvgIpc) is 3.12. The van der Waals surface area contributed by atoms with Crippen molar-refractivity contribution >= 4 is 33.3 Å². The van der Waals surface area contributed by atoms with Crippen molar-refractivity contribution in [2.45, 2.75) is 44.7 Å². The number of rotatable bonds is 9. The maximum atomic E-state index is 13.1. The number of primary sulfonamides is 1. The Bertz CT molecular complexity index is 1480. The number of imidazole rings is 1. The fourth-order valence-corrected chi connectivity index (χ4v) is 4.52. The highest BCUT2D eigenvalue weighted by atomic mass is 32.2. The fraction of sp³-hybridized carbons (Fsp3) is 0.409. The molecule has 2 heterocycles. The van der Waals surface area contributed by atoms with Gasteiger partial charge in [-0.15, -0.1) is 0 Å². The standard InChI is InChI=1S/C22H29N5O6S/c1-6-10-26-20-19(21(28)27(11-7-2)22(26)29)25(3)18(24-20)9-8-14-12-15(32-4)16(33-5)13-17(14)34(23,30)31/h8-9,12-13H,6-7,10-11H2,1-5H3,(H2,23,30,31). The molecule has 0 saturated heterocycles. The number of hydrogen-bond acceptors (Lipinski definition) is 7. The van der Waals surface area contributed by atoms with Gasteiger partial charge in [0.2, 0.25) is 10.0 Å². The molecule has 0 fully saturated rings. The second-order valence-electron chi connectivity index (χ2n) is 7.72. The first-order chi connectivity index (χ1) is 16.1. The molecule has 3 aromatic rings. The van der Waals surface area contributed by atoms with E-state index in [-0.39, 0.29) is 21.9 Å². The summed E-state index contributed by atoms with van der Waals surface area (Å²) in [6, 6.07) is 2.77. The third kappa shape index (κ3) is 4.50. The van der Waals surface area contributed by atoms with Crippen LogP contribution in [-0.2, 0) is 30.2 Å². The lowest BCUT2D eigenvalue weighted by Crippen LogP contribution is -2.40. The summed E-state index contributed by atoms with van der Waals surface area (Å²) in [4.78, 5) is 30.4. The molecule has 0 atom stereocenters. The lowest BCUT2D eigenvalue weighted by molar-refractivity contribution is 0.353. The van der Waals surface area contributed by atoms with Crippen molar-refractivity contribution in [2.75, 3.05) is 14.2 Å². The molecule has 2 N–H and O–H groups in total. The number of aryl methyl sites for hydroxylation is 2. The zero-order valence-electron chi connectivity index (χ0n) is 19.9. The number of benzene rings is 1. The van der Waals surface area contributed by atoms with Gasteiger partial charge in [-0.05, 0) is 36.6 Å². The molecule has 0 saturated carbocycles. The Morgan fingerprint density at radius 3 is 2.15 bits per heavy atom. The van der Waals surface area contributed by atoms with Crippen LogP contribution >= 0.6 is 0 Å². The molecule has 184 valence electrons.